The molecule has 3 heterocycles. The average molecular weight is 417 g/mol. The number of nitrogens with zero attached hydrogens (tertiary/aromatic N) is 2. The molecule has 4 N–H and O–H groups in total. The fourth-order valence-corrected chi connectivity index (χ4v) is 6.21. The van der Waals surface area contributed by atoms with Crippen molar-refractivity contribution in [3.8, 4) is 0 Å². The summed E-state index contributed by atoms with van der Waals surface area (Å²) in [7, 11) is -3.65. The first-order valence-corrected chi connectivity index (χ1v) is 11.9. The lowest BCUT2D eigenvalue weighted by Gasteiger charge is -2.38. The molecule has 3 aliphatic heterocycles. The molecule has 3 rings (SSSR count). The first kappa shape index (κ1) is 22.4. The van der Waals surface area contributed by atoms with Crippen molar-refractivity contribution in [2.75, 3.05) is 59.0 Å². The van der Waals surface area contributed by atoms with Crippen molar-refractivity contribution < 1.29 is 17.7 Å². The normalized spacial score (nSPS) is 31.0. The van der Waals surface area contributed by atoms with E-state index >= 15 is 0 Å². The van der Waals surface area contributed by atoms with Gasteiger partial charge in [0.1, 0.15) is 0 Å². The minimum atomic E-state index is -3.48. The van der Waals surface area contributed by atoms with Crippen molar-refractivity contribution in [1.82, 2.24) is 19.2 Å². The lowest BCUT2D eigenvalue weighted by atomic mass is 9.78. The Bertz CT molecular complexity index is 596. The number of nitrogens with two attached hydrogens (primary N) is 1. The van der Waals surface area contributed by atoms with E-state index in [1.807, 2.05) is 13.8 Å². The van der Waals surface area contributed by atoms with Gasteiger partial charge in [-0.2, -0.15) is 17.0 Å². The van der Waals surface area contributed by atoms with Crippen LogP contribution in [0.5, 0.6) is 0 Å². The SMILES string of the molecule is CCN(C1CNC1)S(=O)(=O)N1C[C@H](CCCB2OCCNCCO2)[C@@](C)(N)C1. The first-order chi connectivity index (χ1) is 13.3. The minimum absolute atomic E-state index is 0.0567. The van der Waals surface area contributed by atoms with E-state index in [9.17, 15) is 8.42 Å². The van der Waals surface area contributed by atoms with Crippen LogP contribution in [0.3, 0.4) is 0 Å². The summed E-state index contributed by atoms with van der Waals surface area (Å²) in [5, 5.41) is 6.39. The number of rotatable bonds is 8. The summed E-state index contributed by atoms with van der Waals surface area (Å²) in [5.41, 5.74) is 6.01. The van der Waals surface area contributed by atoms with Gasteiger partial charge < -0.3 is 25.7 Å². The van der Waals surface area contributed by atoms with Crippen molar-refractivity contribution in [3.05, 3.63) is 0 Å². The Morgan fingerprint density at radius 2 is 1.93 bits per heavy atom. The third kappa shape index (κ3) is 5.26. The summed E-state index contributed by atoms with van der Waals surface area (Å²) in [6.07, 6.45) is 2.60. The zero-order valence-electron chi connectivity index (χ0n) is 17.2. The van der Waals surface area contributed by atoms with Gasteiger partial charge in [-0.3, -0.25) is 0 Å². The monoisotopic (exact) mass is 417 g/mol. The highest BCUT2D eigenvalue weighted by Crippen LogP contribution is 2.33. The largest absolute Gasteiger partial charge is 0.456 e. The van der Waals surface area contributed by atoms with Gasteiger partial charge in [-0.25, -0.2) is 0 Å². The van der Waals surface area contributed by atoms with Crippen LogP contribution in [0.4, 0.5) is 0 Å². The Kier molecular flexibility index (Phi) is 7.76. The van der Waals surface area contributed by atoms with Crippen LogP contribution < -0.4 is 16.4 Å². The van der Waals surface area contributed by atoms with Crippen LogP contribution in [0, 0.1) is 5.92 Å². The van der Waals surface area contributed by atoms with E-state index in [-0.39, 0.29) is 19.1 Å². The summed E-state index contributed by atoms with van der Waals surface area (Å²) >= 11 is 0. The Morgan fingerprint density at radius 1 is 1.25 bits per heavy atom. The molecule has 162 valence electrons. The smallest absolute Gasteiger partial charge is 0.410 e. The summed E-state index contributed by atoms with van der Waals surface area (Å²) < 4.78 is 41.0. The van der Waals surface area contributed by atoms with E-state index in [0.717, 1.165) is 45.3 Å². The average Bonchev–Trinajstić information content (AvgIpc) is 2.88. The lowest BCUT2D eigenvalue weighted by Crippen LogP contribution is -2.61. The molecule has 0 aliphatic carbocycles. The molecule has 0 aromatic rings. The first-order valence-electron chi connectivity index (χ1n) is 10.5. The van der Waals surface area contributed by atoms with Crippen LogP contribution in [0.1, 0.15) is 26.7 Å². The van der Waals surface area contributed by atoms with E-state index in [2.05, 4.69) is 10.6 Å². The molecule has 0 bridgehead atoms. The van der Waals surface area contributed by atoms with Gasteiger partial charge in [0.05, 0.1) is 6.04 Å². The molecule has 0 aromatic carbocycles. The number of hydrogen-bond acceptors (Lipinski definition) is 7. The maximum Gasteiger partial charge on any atom is 0.456 e. The molecular weight excluding hydrogens is 381 g/mol. The maximum absolute atomic E-state index is 13.1. The molecule has 9 nitrogen and oxygen atoms in total. The molecule has 0 saturated carbocycles. The maximum atomic E-state index is 13.1. The van der Waals surface area contributed by atoms with E-state index < -0.39 is 15.7 Å². The van der Waals surface area contributed by atoms with Crippen LogP contribution in [0.2, 0.25) is 6.32 Å². The van der Waals surface area contributed by atoms with Gasteiger partial charge in [-0.05, 0) is 25.6 Å². The van der Waals surface area contributed by atoms with Crippen molar-refractivity contribution in [2.45, 2.75) is 44.6 Å². The van der Waals surface area contributed by atoms with Crippen LogP contribution in [0.25, 0.3) is 0 Å². The predicted molar refractivity (Wildman–Crippen MR) is 110 cm³/mol. The van der Waals surface area contributed by atoms with Crippen molar-refractivity contribution in [2.24, 2.45) is 11.7 Å². The van der Waals surface area contributed by atoms with Crippen molar-refractivity contribution in [3.63, 3.8) is 0 Å². The highest BCUT2D eigenvalue weighted by molar-refractivity contribution is 7.86. The number of hydrogen-bond donors (Lipinski definition) is 3. The zero-order valence-corrected chi connectivity index (χ0v) is 18.0. The van der Waals surface area contributed by atoms with E-state index in [1.54, 1.807) is 8.61 Å². The van der Waals surface area contributed by atoms with Gasteiger partial charge in [-0.1, -0.05) is 13.3 Å². The molecule has 0 aromatic heterocycles. The molecule has 0 amide bonds. The summed E-state index contributed by atoms with van der Waals surface area (Å²) in [4.78, 5) is 0. The predicted octanol–water partition coefficient (Wildman–Crippen LogP) is -0.921. The van der Waals surface area contributed by atoms with Gasteiger partial charge in [0, 0.05) is 64.6 Å². The lowest BCUT2D eigenvalue weighted by molar-refractivity contribution is 0.176. The molecule has 0 spiro atoms. The minimum Gasteiger partial charge on any atom is -0.410 e. The number of likely N-dealkylation sites (N-methyl/N-ethyl adjacent to an activating group) is 1. The van der Waals surface area contributed by atoms with Crippen molar-refractivity contribution >= 4 is 17.3 Å². The second-order valence-corrected chi connectivity index (χ2v) is 10.3. The third-order valence-corrected chi connectivity index (χ3v) is 8.21. The van der Waals surface area contributed by atoms with Gasteiger partial charge in [0.25, 0.3) is 10.2 Å². The quantitative estimate of drug-likeness (QED) is 0.438. The van der Waals surface area contributed by atoms with E-state index in [1.165, 1.54) is 0 Å². The van der Waals surface area contributed by atoms with E-state index in [4.69, 9.17) is 15.0 Å². The summed E-state index contributed by atoms with van der Waals surface area (Å²) in [6.45, 7) is 9.67. The van der Waals surface area contributed by atoms with Gasteiger partial charge >= 0.3 is 7.12 Å². The molecule has 3 saturated heterocycles. The highest BCUT2D eigenvalue weighted by atomic mass is 32.2. The topological polar surface area (TPSA) is 109 Å². The Hall–Kier alpha value is -0.265. The highest BCUT2D eigenvalue weighted by Gasteiger charge is 2.47. The summed E-state index contributed by atoms with van der Waals surface area (Å²) in [6, 6.07) is 0.0567. The second kappa shape index (κ2) is 9.70. The molecular formula is C17H36BN5O4S. The second-order valence-electron chi connectivity index (χ2n) is 8.37. The van der Waals surface area contributed by atoms with Crippen LogP contribution in [-0.2, 0) is 19.5 Å². The standard InChI is InChI=1S/C17H36BN5O4S/c1-3-23(16-11-21-12-16)28(24,25)22-13-15(17(2,19)14-22)5-4-6-18-26-9-7-20-8-10-27-18/h15-16,20-21H,3-14,19H2,1-2H3/t15-,17-/m0/s1. The fourth-order valence-electron chi connectivity index (χ4n) is 4.26. The molecule has 28 heavy (non-hydrogen) atoms. The van der Waals surface area contributed by atoms with Crippen LogP contribution in [0.15, 0.2) is 0 Å². The van der Waals surface area contributed by atoms with E-state index in [0.29, 0.717) is 32.8 Å². The van der Waals surface area contributed by atoms with Crippen molar-refractivity contribution in [1.29, 1.82) is 0 Å². The molecule has 3 fully saturated rings. The van der Waals surface area contributed by atoms with Crippen LogP contribution in [-0.4, -0.2) is 94.8 Å². The Morgan fingerprint density at radius 3 is 2.50 bits per heavy atom. The fraction of sp³-hybridized carbons (Fsp3) is 1.00. The van der Waals surface area contributed by atoms with Gasteiger partial charge in [-0.15, -0.1) is 0 Å². The molecule has 3 aliphatic rings. The molecule has 0 radical (unpaired) electrons. The number of nitrogens with one attached hydrogen (secondary N) is 2. The third-order valence-electron chi connectivity index (χ3n) is 6.13. The molecule has 11 heteroatoms. The Labute approximate surface area is 170 Å². The van der Waals surface area contributed by atoms with Gasteiger partial charge in [0.15, 0.2) is 0 Å². The van der Waals surface area contributed by atoms with Gasteiger partial charge in [0.2, 0.25) is 0 Å². The Balaban J connectivity index is 1.53. The molecule has 2 atom stereocenters. The summed E-state index contributed by atoms with van der Waals surface area (Å²) in [5.74, 6) is 0.135. The zero-order chi connectivity index (χ0) is 20.2. The van der Waals surface area contributed by atoms with Crippen LogP contribution >= 0.6 is 0 Å². The molecule has 0 unspecified atom stereocenters.